The quantitative estimate of drug-likeness (QED) is 0.572. The number of imidazole rings is 1. The SMILES string of the molecule is CCCS(=N)(=O)c1nc(N)c2[nH]c(=O)n(Cc3ccc(C)c(Cl)c3)c2n1. The number of nitrogens with two attached hydrogens (primary N) is 1. The number of aromatic amines is 1. The monoisotopic (exact) mass is 394 g/mol. The van der Waals surface area contributed by atoms with Gasteiger partial charge in [-0.1, -0.05) is 30.7 Å². The van der Waals surface area contributed by atoms with Crippen LogP contribution in [0.2, 0.25) is 5.02 Å². The van der Waals surface area contributed by atoms with Gasteiger partial charge in [-0.2, -0.15) is 4.98 Å². The number of hydrogen-bond acceptors (Lipinski definition) is 6. The van der Waals surface area contributed by atoms with Crippen LogP contribution in [-0.4, -0.2) is 29.5 Å². The summed E-state index contributed by atoms with van der Waals surface area (Å²) in [5, 5.41) is 0.446. The number of halogens is 1. The highest BCUT2D eigenvalue weighted by Gasteiger charge is 2.19. The first-order chi connectivity index (χ1) is 12.2. The van der Waals surface area contributed by atoms with E-state index in [4.69, 9.17) is 22.1 Å². The molecule has 26 heavy (non-hydrogen) atoms. The van der Waals surface area contributed by atoms with Crippen LogP contribution in [0.1, 0.15) is 24.5 Å². The molecule has 2 heterocycles. The van der Waals surface area contributed by atoms with Gasteiger partial charge in [0.05, 0.1) is 6.54 Å². The fourth-order valence-electron chi connectivity index (χ4n) is 2.62. The fraction of sp³-hybridized carbons (Fsp3) is 0.312. The molecule has 0 bridgehead atoms. The number of nitrogen functional groups attached to an aromatic ring is 1. The third-order valence-corrected chi connectivity index (χ3v) is 6.16. The van der Waals surface area contributed by atoms with Crippen molar-refractivity contribution in [3.63, 3.8) is 0 Å². The van der Waals surface area contributed by atoms with E-state index in [0.29, 0.717) is 11.4 Å². The van der Waals surface area contributed by atoms with E-state index in [0.717, 1.165) is 11.1 Å². The number of fused-ring (bicyclic) bond motifs is 1. The number of H-pyrrole nitrogens is 1. The van der Waals surface area contributed by atoms with E-state index >= 15 is 0 Å². The molecule has 3 aromatic rings. The van der Waals surface area contributed by atoms with E-state index < -0.39 is 15.4 Å². The molecule has 3 rings (SSSR count). The first kappa shape index (κ1) is 18.4. The molecule has 0 radical (unpaired) electrons. The maximum atomic E-state index is 12.5. The lowest BCUT2D eigenvalue weighted by molar-refractivity contribution is 0.665. The molecule has 0 saturated carbocycles. The van der Waals surface area contributed by atoms with Gasteiger partial charge in [0.25, 0.3) is 0 Å². The van der Waals surface area contributed by atoms with Crippen LogP contribution >= 0.6 is 11.6 Å². The van der Waals surface area contributed by atoms with Gasteiger partial charge >= 0.3 is 5.69 Å². The number of hydrogen-bond donors (Lipinski definition) is 3. The van der Waals surface area contributed by atoms with Crippen LogP contribution in [0.15, 0.2) is 28.2 Å². The Hall–Kier alpha value is -2.39. The Bertz CT molecular complexity index is 1150. The maximum absolute atomic E-state index is 12.5. The summed E-state index contributed by atoms with van der Waals surface area (Å²) >= 11 is 6.15. The third kappa shape index (κ3) is 3.32. The lowest BCUT2D eigenvalue weighted by Gasteiger charge is -2.08. The lowest BCUT2D eigenvalue weighted by atomic mass is 10.1. The molecule has 1 unspecified atom stereocenters. The Morgan fingerprint density at radius 2 is 2.12 bits per heavy atom. The predicted molar refractivity (Wildman–Crippen MR) is 102 cm³/mol. The van der Waals surface area contributed by atoms with Crippen molar-refractivity contribution in [3.05, 3.63) is 44.8 Å². The number of aromatic nitrogens is 4. The second-order valence-corrected chi connectivity index (χ2v) is 8.60. The van der Waals surface area contributed by atoms with Crippen molar-refractivity contribution in [1.29, 1.82) is 4.78 Å². The van der Waals surface area contributed by atoms with E-state index in [9.17, 15) is 9.00 Å². The molecule has 4 N–H and O–H groups in total. The molecule has 1 atom stereocenters. The molecule has 2 aromatic heterocycles. The summed E-state index contributed by atoms with van der Waals surface area (Å²) in [6, 6.07) is 5.51. The summed E-state index contributed by atoms with van der Waals surface area (Å²) in [6.07, 6.45) is 0.547. The number of aryl methyl sites for hydroxylation is 1. The van der Waals surface area contributed by atoms with E-state index in [2.05, 4.69) is 15.0 Å². The van der Waals surface area contributed by atoms with E-state index in [-0.39, 0.29) is 34.4 Å². The van der Waals surface area contributed by atoms with Crippen molar-refractivity contribution in [2.45, 2.75) is 32.0 Å². The van der Waals surface area contributed by atoms with E-state index in [1.54, 1.807) is 6.07 Å². The van der Waals surface area contributed by atoms with Gasteiger partial charge in [0.2, 0.25) is 5.16 Å². The highest BCUT2D eigenvalue weighted by atomic mass is 35.5. The normalized spacial score (nSPS) is 13.8. The molecular formula is C16H19ClN6O2S. The van der Waals surface area contributed by atoms with Crippen molar-refractivity contribution in [2.75, 3.05) is 11.5 Å². The van der Waals surface area contributed by atoms with Gasteiger partial charge < -0.3 is 10.7 Å². The Morgan fingerprint density at radius 3 is 2.77 bits per heavy atom. The van der Waals surface area contributed by atoms with Crippen molar-refractivity contribution in [2.24, 2.45) is 0 Å². The zero-order valence-electron chi connectivity index (χ0n) is 14.4. The average Bonchev–Trinajstić information content (AvgIpc) is 2.88. The van der Waals surface area contributed by atoms with E-state index in [1.807, 2.05) is 26.0 Å². The Labute approximate surface area is 155 Å². The molecular weight excluding hydrogens is 376 g/mol. The average molecular weight is 395 g/mol. The number of nitrogens with one attached hydrogen (secondary N) is 2. The highest BCUT2D eigenvalue weighted by molar-refractivity contribution is 7.92. The summed E-state index contributed by atoms with van der Waals surface area (Å²) in [5.74, 6) is 0.124. The van der Waals surface area contributed by atoms with Gasteiger partial charge in [-0.15, -0.1) is 0 Å². The van der Waals surface area contributed by atoms with Gasteiger partial charge in [-0.05, 0) is 30.5 Å². The van der Waals surface area contributed by atoms with Crippen LogP contribution in [0.25, 0.3) is 11.2 Å². The number of nitrogens with zero attached hydrogens (tertiary/aromatic N) is 3. The van der Waals surface area contributed by atoms with Gasteiger partial charge in [0, 0.05) is 10.8 Å². The molecule has 1 aromatic carbocycles. The summed E-state index contributed by atoms with van der Waals surface area (Å²) in [7, 11) is -3.17. The summed E-state index contributed by atoms with van der Waals surface area (Å²) in [5.41, 5.74) is 7.73. The van der Waals surface area contributed by atoms with E-state index in [1.165, 1.54) is 4.57 Å². The second-order valence-electron chi connectivity index (χ2n) is 6.07. The highest BCUT2D eigenvalue weighted by Crippen LogP contribution is 2.21. The van der Waals surface area contributed by atoms with Crippen LogP contribution in [0.5, 0.6) is 0 Å². The lowest BCUT2D eigenvalue weighted by Crippen LogP contribution is -2.18. The van der Waals surface area contributed by atoms with Crippen molar-refractivity contribution in [1.82, 2.24) is 19.5 Å². The Kier molecular flexibility index (Phi) is 4.76. The first-order valence-electron chi connectivity index (χ1n) is 8.00. The Balaban J connectivity index is 2.16. The van der Waals surface area contributed by atoms with Crippen molar-refractivity contribution in [3.8, 4) is 0 Å². The van der Waals surface area contributed by atoms with Crippen molar-refractivity contribution < 1.29 is 4.21 Å². The van der Waals surface area contributed by atoms with Gasteiger partial charge in [-0.3, -0.25) is 4.57 Å². The first-order valence-corrected chi connectivity index (χ1v) is 10.1. The number of rotatable bonds is 5. The van der Waals surface area contributed by atoms with Crippen LogP contribution in [0, 0.1) is 11.7 Å². The molecule has 10 heteroatoms. The summed E-state index contributed by atoms with van der Waals surface area (Å²) in [4.78, 5) is 23.2. The minimum Gasteiger partial charge on any atom is -0.382 e. The standard InChI is InChI=1S/C16H19ClN6O2S/c1-3-6-26(19,25)15-21-13(18)12-14(22-15)23(16(24)20-12)8-10-5-4-9(2)11(17)7-10/h4-5,7,19H,3,6,8H2,1-2H3,(H,20,24)(H2,18,21,22). The van der Waals surface area contributed by atoms with Gasteiger partial charge in [0.15, 0.2) is 11.5 Å². The van der Waals surface area contributed by atoms with Crippen molar-refractivity contribution >= 4 is 38.3 Å². The molecule has 138 valence electrons. The zero-order chi connectivity index (χ0) is 19.1. The number of anilines is 1. The molecule has 0 aliphatic carbocycles. The summed E-state index contributed by atoms with van der Waals surface area (Å²) < 4.78 is 21.9. The molecule has 0 aliphatic rings. The molecule has 0 aliphatic heterocycles. The third-order valence-electron chi connectivity index (χ3n) is 3.99. The molecule has 8 nitrogen and oxygen atoms in total. The molecule has 0 amide bonds. The van der Waals surface area contributed by atoms with Crippen LogP contribution in [0.3, 0.4) is 0 Å². The van der Waals surface area contributed by atoms with Crippen LogP contribution in [0.4, 0.5) is 5.82 Å². The second kappa shape index (κ2) is 6.73. The smallest absolute Gasteiger partial charge is 0.328 e. The molecule has 0 fully saturated rings. The zero-order valence-corrected chi connectivity index (χ0v) is 15.9. The summed E-state index contributed by atoms with van der Waals surface area (Å²) in [6.45, 7) is 3.92. The minimum absolute atomic E-state index is 0.00105. The van der Waals surface area contributed by atoms with Crippen LogP contribution < -0.4 is 11.4 Å². The molecule has 0 saturated heterocycles. The van der Waals surface area contributed by atoms with Gasteiger partial charge in [0.1, 0.15) is 15.2 Å². The van der Waals surface area contributed by atoms with Crippen LogP contribution in [-0.2, 0) is 16.3 Å². The minimum atomic E-state index is -3.17. The maximum Gasteiger partial charge on any atom is 0.328 e. The Morgan fingerprint density at radius 1 is 1.38 bits per heavy atom. The van der Waals surface area contributed by atoms with Gasteiger partial charge in [-0.25, -0.2) is 18.8 Å². The number of benzene rings is 1. The largest absolute Gasteiger partial charge is 0.382 e. The predicted octanol–water partition coefficient (Wildman–Crippen LogP) is 2.53. The molecule has 0 spiro atoms. The topological polar surface area (TPSA) is 131 Å². The fourth-order valence-corrected chi connectivity index (χ4v) is 4.06.